The Bertz CT molecular complexity index is 2900. The molecule has 0 bridgehead atoms. The van der Waals surface area contributed by atoms with Gasteiger partial charge in [0.05, 0.1) is 44.7 Å². The molecule has 5 fully saturated rings. The molecule has 0 unspecified atom stereocenters. The Morgan fingerprint density at radius 3 is 1.74 bits per heavy atom. The SMILES string of the molecule is C[C@H]1[C@H]([Si](C)(C)F)[C@@H](CC(=O)N(CCO)Cc2ccccc2)O[C@]12C(=O)N(Cc1cccc(N3CN(c4ccccc4)C4(CCNCC4)C3=O)c1)c1ccc(N3CN(c4ccccc4)C4(CCNCC4)C3=O)cc12. The molecule has 3 N–H and O–H groups in total. The summed E-state index contributed by atoms with van der Waals surface area (Å²) < 4.78 is 24.5. The van der Waals surface area contributed by atoms with Crippen LogP contribution in [0.2, 0.25) is 18.6 Å². The first kappa shape index (κ1) is 49.8. The van der Waals surface area contributed by atoms with Gasteiger partial charge in [0, 0.05) is 52.9 Å². The third kappa shape index (κ3) is 8.38. The van der Waals surface area contributed by atoms with E-state index in [0.29, 0.717) is 62.4 Å². The average molecular weight is 1020 g/mol. The van der Waals surface area contributed by atoms with Crippen LogP contribution < -0.4 is 35.1 Å². The summed E-state index contributed by atoms with van der Waals surface area (Å²) in [5.74, 6) is -1.38. The number of ether oxygens (including phenoxy) is 1. The minimum absolute atomic E-state index is 0.0233. The lowest BCUT2D eigenvalue weighted by atomic mass is 9.82. The number of halogens is 1. The summed E-state index contributed by atoms with van der Waals surface area (Å²) in [5, 5.41) is 17.0. The number of benzene rings is 5. The van der Waals surface area contributed by atoms with Gasteiger partial charge in [-0.05, 0) is 131 Å². The predicted octanol–water partition coefficient (Wildman–Crippen LogP) is 7.29. The van der Waals surface area contributed by atoms with Crippen LogP contribution in [0, 0.1) is 5.92 Å². The van der Waals surface area contributed by atoms with Gasteiger partial charge in [0.15, 0.2) is 5.60 Å². The summed E-state index contributed by atoms with van der Waals surface area (Å²) in [6, 6.07) is 43.1. The molecule has 6 heterocycles. The van der Waals surface area contributed by atoms with E-state index in [1.165, 1.54) is 0 Å². The maximum absolute atomic E-state index is 17.3. The number of aliphatic hydroxyl groups is 1. The van der Waals surface area contributed by atoms with Gasteiger partial charge in [0.2, 0.25) is 14.3 Å². The molecule has 4 atom stereocenters. The smallest absolute Gasteiger partial charge is 0.264 e. The van der Waals surface area contributed by atoms with Crippen molar-refractivity contribution >= 4 is 60.5 Å². The van der Waals surface area contributed by atoms with E-state index in [1.807, 2.05) is 138 Å². The summed E-state index contributed by atoms with van der Waals surface area (Å²) in [6.45, 7) is 8.80. The van der Waals surface area contributed by atoms with Gasteiger partial charge < -0.3 is 44.2 Å². The number of para-hydroxylation sites is 2. The zero-order chi connectivity index (χ0) is 51.4. The molecule has 11 rings (SSSR count). The van der Waals surface area contributed by atoms with E-state index in [-0.39, 0.29) is 63.0 Å². The van der Waals surface area contributed by atoms with Crippen LogP contribution in [0.3, 0.4) is 0 Å². The molecule has 4 amide bonds. The number of hydrogen-bond acceptors (Lipinski definition) is 10. The van der Waals surface area contributed by atoms with Crippen LogP contribution >= 0.6 is 0 Å². The molecule has 16 heteroatoms. The van der Waals surface area contributed by atoms with Crippen molar-refractivity contribution in [1.82, 2.24) is 15.5 Å². The number of carbonyl (C=O) groups excluding carboxylic acids is 4. The van der Waals surface area contributed by atoms with Crippen molar-refractivity contribution in [3.05, 3.63) is 150 Å². The molecule has 0 radical (unpaired) electrons. The zero-order valence-corrected chi connectivity index (χ0v) is 43.6. The molecule has 74 heavy (non-hydrogen) atoms. The Morgan fingerprint density at radius 1 is 0.689 bits per heavy atom. The first-order valence-corrected chi connectivity index (χ1v) is 29.3. The fourth-order valence-corrected chi connectivity index (χ4v) is 15.9. The fourth-order valence-electron chi connectivity index (χ4n) is 13.4. The second-order valence-electron chi connectivity index (χ2n) is 21.6. The summed E-state index contributed by atoms with van der Waals surface area (Å²) in [5.41, 5.74) is 2.06. The molecule has 6 aliphatic rings. The lowest BCUT2D eigenvalue weighted by Gasteiger charge is -2.39. The lowest BCUT2D eigenvalue weighted by Crippen LogP contribution is -2.55. The minimum Gasteiger partial charge on any atom is -0.395 e. The number of fused-ring (bicyclic) bond motifs is 2. The average Bonchev–Trinajstić information content (AvgIpc) is 4.05. The highest BCUT2D eigenvalue weighted by atomic mass is 28.4. The van der Waals surface area contributed by atoms with Crippen molar-refractivity contribution in [1.29, 1.82) is 0 Å². The number of aliphatic hydroxyl groups excluding tert-OH is 1. The van der Waals surface area contributed by atoms with Gasteiger partial charge in [-0.15, -0.1) is 0 Å². The van der Waals surface area contributed by atoms with Crippen LogP contribution in [0.25, 0.3) is 0 Å². The van der Waals surface area contributed by atoms with Crippen molar-refractivity contribution in [2.24, 2.45) is 5.92 Å². The number of nitrogens with zero attached hydrogens (tertiary/aromatic N) is 6. The maximum atomic E-state index is 17.3. The van der Waals surface area contributed by atoms with Crippen molar-refractivity contribution in [3.63, 3.8) is 0 Å². The van der Waals surface area contributed by atoms with E-state index in [0.717, 1.165) is 41.3 Å². The van der Waals surface area contributed by atoms with Crippen LogP contribution in [0.15, 0.2) is 133 Å². The Hall–Kier alpha value is -6.43. The third-order valence-corrected chi connectivity index (χ3v) is 19.5. The van der Waals surface area contributed by atoms with E-state index < -0.39 is 42.6 Å². The van der Waals surface area contributed by atoms with Gasteiger partial charge in [0.1, 0.15) is 11.1 Å². The topological polar surface area (TPSA) is 141 Å². The molecule has 14 nitrogen and oxygen atoms in total. The first-order valence-electron chi connectivity index (χ1n) is 26.3. The number of piperidine rings is 2. The Kier molecular flexibility index (Phi) is 13.2. The van der Waals surface area contributed by atoms with Gasteiger partial charge in [-0.2, -0.15) is 0 Å². The van der Waals surface area contributed by atoms with Crippen LogP contribution in [-0.4, -0.2) is 112 Å². The molecule has 5 saturated heterocycles. The summed E-state index contributed by atoms with van der Waals surface area (Å²) >= 11 is 0. The molecule has 386 valence electrons. The van der Waals surface area contributed by atoms with Crippen molar-refractivity contribution in [3.8, 4) is 0 Å². The fraction of sp³-hybridized carbons (Fsp3) is 0.414. The predicted molar refractivity (Wildman–Crippen MR) is 288 cm³/mol. The van der Waals surface area contributed by atoms with Gasteiger partial charge in [-0.1, -0.05) is 85.8 Å². The Balaban J connectivity index is 0.974. The second-order valence-corrected chi connectivity index (χ2v) is 25.4. The van der Waals surface area contributed by atoms with Gasteiger partial charge in [-0.3, -0.25) is 29.0 Å². The summed E-state index contributed by atoms with van der Waals surface area (Å²) in [6.07, 6.45) is 1.41. The van der Waals surface area contributed by atoms with Crippen molar-refractivity contribution < 1.29 is 33.1 Å². The van der Waals surface area contributed by atoms with Crippen LogP contribution in [0.5, 0.6) is 0 Å². The zero-order valence-electron chi connectivity index (χ0n) is 42.6. The van der Waals surface area contributed by atoms with Crippen LogP contribution in [0.1, 0.15) is 55.7 Å². The number of carbonyl (C=O) groups is 4. The number of rotatable bonds is 13. The lowest BCUT2D eigenvalue weighted by molar-refractivity contribution is -0.150. The number of nitrogens with one attached hydrogen (secondary N) is 2. The Labute approximate surface area is 434 Å². The maximum Gasteiger partial charge on any atom is 0.264 e. The quantitative estimate of drug-likeness (QED) is 0.0815. The van der Waals surface area contributed by atoms with E-state index in [4.69, 9.17) is 4.74 Å². The van der Waals surface area contributed by atoms with Gasteiger partial charge >= 0.3 is 0 Å². The molecular weight excluding hydrogens is 952 g/mol. The molecule has 0 saturated carbocycles. The Morgan fingerprint density at radius 2 is 1.20 bits per heavy atom. The molecule has 5 aromatic carbocycles. The minimum atomic E-state index is -3.72. The second kappa shape index (κ2) is 19.7. The number of amides is 4. The molecule has 3 spiro atoms. The molecule has 0 aliphatic carbocycles. The summed E-state index contributed by atoms with van der Waals surface area (Å²) in [7, 11) is -3.72. The largest absolute Gasteiger partial charge is 0.395 e. The first-order chi connectivity index (χ1) is 35.8. The highest BCUT2D eigenvalue weighted by molar-refractivity contribution is 6.72. The van der Waals surface area contributed by atoms with Crippen LogP contribution in [-0.2, 0) is 42.6 Å². The van der Waals surface area contributed by atoms with Gasteiger partial charge in [-0.25, -0.2) is 0 Å². The van der Waals surface area contributed by atoms with E-state index in [1.54, 1.807) is 22.9 Å². The standard InChI is InChI=1S/C58H67FN8O6Si/c1-41-52(74(2,3)59)50(36-51(69)62(32-33-68)37-42-14-7-4-8-15-42)73-58(41)48-35-47(65-40-67(45-19-11-6-12-20-45)57(54(65)71)26-30-61-31-27-57)22-23-49(48)63(55(58)72)38-43-16-13-21-46(34-43)64-39-66(44-17-9-5-10-18-44)56(53(64)70)24-28-60-29-25-56/h4-23,34-35,41,50,52,60-61,68H,24-33,36-40H2,1-3H3/t41-,50+,52-,58+/m0/s1. The molecule has 6 aliphatic heterocycles. The molecular formula is C58H67FN8O6Si. The van der Waals surface area contributed by atoms with Crippen LogP contribution in [0.4, 0.5) is 32.5 Å². The van der Waals surface area contributed by atoms with E-state index in [9.17, 15) is 14.7 Å². The van der Waals surface area contributed by atoms with E-state index >= 15 is 13.7 Å². The van der Waals surface area contributed by atoms with E-state index in [2.05, 4.69) is 32.6 Å². The monoisotopic (exact) mass is 1020 g/mol. The van der Waals surface area contributed by atoms with Gasteiger partial charge in [0.25, 0.3) is 17.7 Å². The number of hydrogen-bond donors (Lipinski definition) is 3. The normalized spacial score (nSPS) is 24.3. The number of anilines is 5. The highest BCUT2D eigenvalue weighted by Crippen LogP contribution is 2.61. The highest BCUT2D eigenvalue weighted by Gasteiger charge is 2.67. The third-order valence-electron chi connectivity index (χ3n) is 17.0. The molecule has 5 aromatic rings. The van der Waals surface area contributed by atoms with Crippen molar-refractivity contribution in [2.75, 3.05) is 77.2 Å². The van der Waals surface area contributed by atoms with Crippen molar-refractivity contribution in [2.45, 2.75) is 93.5 Å². The molecule has 0 aromatic heterocycles. The summed E-state index contributed by atoms with van der Waals surface area (Å²) in [4.78, 5) is 71.7.